The molecule has 14 heavy (non-hydrogen) atoms. The summed E-state index contributed by atoms with van der Waals surface area (Å²) in [5.41, 5.74) is 0. The first-order valence-corrected chi connectivity index (χ1v) is 6.64. The molecule has 0 aromatic heterocycles. The first kappa shape index (κ1) is 11.7. The van der Waals surface area contributed by atoms with E-state index >= 15 is 0 Å². The molecule has 1 aliphatic rings. The molecule has 0 unspecified atom stereocenters. The summed E-state index contributed by atoms with van der Waals surface area (Å²) in [5, 5.41) is 0. The molecule has 0 saturated carbocycles. The largest absolute Gasteiger partial charge is 0.303 e. The van der Waals surface area contributed by atoms with E-state index in [-0.39, 0.29) is 11.7 Å². The maximum atomic E-state index is 11.6. The second-order valence-corrected chi connectivity index (χ2v) is 5.78. The molecule has 0 aromatic carbocycles. The van der Waals surface area contributed by atoms with Crippen LogP contribution in [0.2, 0.25) is 0 Å². The molecule has 5 heteroatoms. The average Bonchev–Trinajstić information content (AvgIpc) is 2.18. The molecule has 0 atom stereocenters. The second-order valence-electron chi connectivity index (χ2n) is 3.69. The van der Waals surface area contributed by atoms with Gasteiger partial charge in [0.15, 0.2) is 0 Å². The minimum atomic E-state index is -3.05. The molecule has 0 bridgehead atoms. The van der Waals surface area contributed by atoms with Crippen LogP contribution in [0.15, 0.2) is 0 Å². The van der Waals surface area contributed by atoms with Gasteiger partial charge in [-0.3, -0.25) is 0 Å². The summed E-state index contributed by atoms with van der Waals surface area (Å²) < 4.78 is 24.7. The fourth-order valence-corrected chi connectivity index (χ4v) is 3.22. The molecule has 1 heterocycles. The normalized spacial score (nSPS) is 20.9. The standard InChI is InChI=1S/C9H17NO3S/c1-2-7-14(12,13)10-5-3-9(8-11)4-6-10/h8-9H,2-7H2,1H3. The monoisotopic (exact) mass is 219 g/mol. The van der Waals surface area contributed by atoms with E-state index in [0.717, 1.165) is 6.29 Å². The maximum absolute atomic E-state index is 11.6. The molecule has 1 fully saturated rings. The van der Waals surface area contributed by atoms with Gasteiger partial charge in [-0.25, -0.2) is 12.7 Å². The maximum Gasteiger partial charge on any atom is 0.214 e. The molecular formula is C9H17NO3S. The lowest BCUT2D eigenvalue weighted by atomic mass is 10.0. The van der Waals surface area contributed by atoms with Crippen LogP contribution in [0, 0.1) is 5.92 Å². The van der Waals surface area contributed by atoms with Crippen molar-refractivity contribution in [3.05, 3.63) is 0 Å². The summed E-state index contributed by atoms with van der Waals surface area (Å²) in [4.78, 5) is 10.5. The van der Waals surface area contributed by atoms with E-state index < -0.39 is 10.0 Å². The molecular weight excluding hydrogens is 202 g/mol. The first-order chi connectivity index (χ1) is 6.60. The van der Waals surface area contributed by atoms with E-state index in [1.807, 2.05) is 6.92 Å². The second kappa shape index (κ2) is 4.89. The van der Waals surface area contributed by atoms with Crippen LogP contribution in [0.4, 0.5) is 0 Å². The molecule has 0 amide bonds. The number of carbonyl (C=O) groups excluding carboxylic acids is 1. The third-order valence-corrected chi connectivity index (χ3v) is 4.62. The highest BCUT2D eigenvalue weighted by Gasteiger charge is 2.26. The Morgan fingerprint density at radius 1 is 1.36 bits per heavy atom. The number of carbonyl (C=O) groups is 1. The fourth-order valence-electron chi connectivity index (χ4n) is 1.68. The van der Waals surface area contributed by atoms with Crippen LogP contribution in [-0.4, -0.2) is 37.9 Å². The third kappa shape index (κ3) is 2.78. The summed E-state index contributed by atoms with van der Waals surface area (Å²) in [6, 6.07) is 0. The molecule has 1 rings (SSSR count). The summed E-state index contributed by atoms with van der Waals surface area (Å²) >= 11 is 0. The zero-order valence-electron chi connectivity index (χ0n) is 8.48. The highest BCUT2D eigenvalue weighted by Crippen LogP contribution is 2.18. The molecule has 0 radical (unpaired) electrons. The number of piperidine rings is 1. The van der Waals surface area contributed by atoms with Crippen LogP contribution < -0.4 is 0 Å². The number of nitrogens with zero attached hydrogens (tertiary/aromatic N) is 1. The lowest BCUT2D eigenvalue weighted by molar-refractivity contribution is -0.112. The Kier molecular flexibility index (Phi) is 4.07. The molecule has 0 aliphatic carbocycles. The Morgan fingerprint density at radius 2 is 1.93 bits per heavy atom. The van der Waals surface area contributed by atoms with Crippen molar-refractivity contribution in [3.63, 3.8) is 0 Å². The molecule has 0 N–H and O–H groups in total. The van der Waals surface area contributed by atoms with E-state index in [9.17, 15) is 13.2 Å². The Hall–Kier alpha value is -0.420. The van der Waals surface area contributed by atoms with Crippen molar-refractivity contribution in [2.45, 2.75) is 26.2 Å². The van der Waals surface area contributed by atoms with Gasteiger partial charge in [-0.1, -0.05) is 6.92 Å². The van der Waals surface area contributed by atoms with Crippen molar-refractivity contribution in [3.8, 4) is 0 Å². The van der Waals surface area contributed by atoms with Gasteiger partial charge in [0.2, 0.25) is 10.0 Å². The predicted octanol–water partition coefficient (Wildman–Crippen LogP) is 0.637. The molecule has 82 valence electrons. The average molecular weight is 219 g/mol. The fraction of sp³-hybridized carbons (Fsp3) is 0.889. The van der Waals surface area contributed by atoms with Crippen molar-refractivity contribution in [1.29, 1.82) is 0 Å². The summed E-state index contributed by atoms with van der Waals surface area (Å²) in [6.07, 6.45) is 2.93. The number of sulfonamides is 1. The van der Waals surface area contributed by atoms with Crippen LogP contribution in [0.1, 0.15) is 26.2 Å². The van der Waals surface area contributed by atoms with E-state index in [1.165, 1.54) is 4.31 Å². The molecule has 1 aliphatic heterocycles. The van der Waals surface area contributed by atoms with Gasteiger partial charge in [0.1, 0.15) is 6.29 Å². The lowest BCUT2D eigenvalue weighted by Gasteiger charge is -2.28. The van der Waals surface area contributed by atoms with Crippen LogP contribution in [0.3, 0.4) is 0 Å². The van der Waals surface area contributed by atoms with Crippen molar-refractivity contribution in [2.24, 2.45) is 5.92 Å². The Balaban J connectivity index is 2.53. The predicted molar refractivity (Wildman–Crippen MR) is 54.4 cm³/mol. The summed E-state index contributed by atoms with van der Waals surface area (Å²) in [6.45, 7) is 2.87. The molecule has 0 spiro atoms. The SMILES string of the molecule is CCCS(=O)(=O)N1CCC(C=O)CC1. The van der Waals surface area contributed by atoms with Crippen LogP contribution >= 0.6 is 0 Å². The Labute approximate surface area is 85.3 Å². The smallest absolute Gasteiger partial charge is 0.214 e. The van der Waals surface area contributed by atoms with Gasteiger partial charge in [-0.05, 0) is 19.3 Å². The van der Waals surface area contributed by atoms with E-state index in [2.05, 4.69) is 0 Å². The summed E-state index contributed by atoms with van der Waals surface area (Å²) in [7, 11) is -3.05. The van der Waals surface area contributed by atoms with Crippen LogP contribution in [-0.2, 0) is 14.8 Å². The highest BCUT2D eigenvalue weighted by molar-refractivity contribution is 7.89. The molecule has 1 saturated heterocycles. The third-order valence-electron chi connectivity index (χ3n) is 2.55. The number of hydrogen-bond donors (Lipinski definition) is 0. The minimum Gasteiger partial charge on any atom is -0.303 e. The van der Waals surface area contributed by atoms with Crippen molar-refractivity contribution < 1.29 is 13.2 Å². The Bertz CT molecular complexity index is 278. The van der Waals surface area contributed by atoms with Crippen molar-refractivity contribution in [1.82, 2.24) is 4.31 Å². The number of rotatable bonds is 4. The van der Waals surface area contributed by atoms with Gasteiger partial charge < -0.3 is 4.79 Å². The van der Waals surface area contributed by atoms with E-state index in [0.29, 0.717) is 32.4 Å². The van der Waals surface area contributed by atoms with Gasteiger partial charge in [0, 0.05) is 19.0 Å². The van der Waals surface area contributed by atoms with E-state index in [1.54, 1.807) is 0 Å². The summed E-state index contributed by atoms with van der Waals surface area (Å²) in [5.74, 6) is 0.279. The highest BCUT2D eigenvalue weighted by atomic mass is 32.2. The number of hydrogen-bond acceptors (Lipinski definition) is 3. The topological polar surface area (TPSA) is 54.5 Å². The molecule has 0 aromatic rings. The zero-order valence-corrected chi connectivity index (χ0v) is 9.29. The van der Waals surface area contributed by atoms with Crippen molar-refractivity contribution >= 4 is 16.3 Å². The van der Waals surface area contributed by atoms with Gasteiger partial charge in [-0.2, -0.15) is 0 Å². The zero-order chi connectivity index (χ0) is 10.6. The van der Waals surface area contributed by atoms with Gasteiger partial charge >= 0.3 is 0 Å². The van der Waals surface area contributed by atoms with Crippen molar-refractivity contribution in [2.75, 3.05) is 18.8 Å². The van der Waals surface area contributed by atoms with E-state index in [4.69, 9.17) is 0 Å². The lowest BCUT2D eigenvalue weighted by Crippen LogP contribution is -2.39. The first-order valence-electron chi connectivity index (χ1n) is 5.03. The van der Waals surface area contributed by atoms with Gasteiger partial charge in [0.25, 0.3) is 0 Å². The van der Waals surface area contributed by atoms with Crippen LogP contribution in [0.25, 0.3) is 0 Å². The molecule has 4 nitrogen and oxygen atoms in total. The quantitative estimate of drug-likeness (QED) is 0.652. The van der Waals surface area contributed by atoms with Gasteiger partial charge in [0.05, 0.1) is 5.75 Å². The minimum absolute atomic E-state index is 0.0584. The van der Waals surface area contributed by atoms with Gasteiger partial charge in [-0.15, -0.1) is 0 Å². The Morgan fingerprint density at radius 3 is 2.36 bits per heavy atom. The number of aldehydes is 1. The van der Waals surface area contributed by atoms with Crippen LogP contribution in [0.5, 0.6) is 0 Å².